The minimum Gasteiger partial charge on any atom is -0.358 e. The van der Waals surface area contributed by atoms with Crippen molar-refractivity contribution in [2.24, 2.45) is 0 Å². The smallest absolute Gasteiger partial charge is 0.256 e. The van der Waals surface area contributed by atoms with E-state index in [0.29, 0.717) is 60.4 Å². The standard InChI is InChI=1S/C26H29FN4O3/c1-30-10-12-31(13-11-30)24(33)9-7-17-22(28-21-4-2-3-5-23(32)25(17)21)15-19-18-14-16(27)6-8-20(18)29-26(19)34/h6,8,14-15,28H,2-5,7,9-13H2,1H3,(H,29,34). The van der Waals surface area contributed by atoms with Gasteiger partial charge in [-0.05, 0) is 62.6 Å². The molecule has 2 aromatic rings. The Labute approximate surface area is 198 Å². The fraction of sp³-hybridized carbons (Fsp3) is 0.423. The zero-order chi connectivity index (χ0) is 23.8. The van der Waals surface area contributed by atoms with Crippen LogP contribution in [-0.4, -0.2) is 65.6 Å². The number of rotatable bonds is 4. The maximum atomic E-state index is 13.9. The predicted molar refractivity (Wildman–Crippen MR) is 128 cm³/mol. The number of likely N-dealkylation sites (N-methyl/N-ethyl adjacent to an activating group) is 1. The number of benzene rings is 1. The number of amides is 2. The maximum absolute atomic E-state index is 13.9. The number of hydrogen-bond donors (Lipinski definition) is 2. The molecule has 1 aliphatic carbocycles. The van der Waals surface area contributed by atoms with Gasteiger partial charge in [-0.1, -0.05) is 0 Å². The van der Waals surface area contributed by atoms with Crippen LogP contribution in [0.5, 0.6) is 0 Å². The second-order valence-electron chi connectivity index (χ2n) is 9.39. The lowest BCUT2D eigenvalue weighted by Gasteiger charge is -2.32. The molecule has 0 saturated carbocycles. The Morgan fingerprint density at radius 1 is 1.12 bits per heavy atom. The van der Waals surface area contributed by atoms with E-state index in [2.05, 4.69) is 15.2 Å². The number of fused-ring (bicyclic) bond motifs is 2. The fourth-order valence-electron chi connectivity index (χ4n) is 5.13. The van der Waals surface area contributed by atoms with Crippen LogP contribution in [0.1, 0.15) is 58.6 Å². The first-order chi connectivity index (χ1) is 16.4. The molecule has 0 unspecified atom stereocenters. The summed E-state index contributed by atoms with van der Waals surface area (Å²) in [7, 11) is 2.05. The van der Waals surface area contributed by atoms with Gasteiger partial charge in [0, 0.05) is 67.2 Å². The van der Waals surface area contributed by atoms with Crippen LogP contribution in [0.15, 0.2) is 18.2 Å². The minimum atomic E-state index is -0.420. The highest BCUT2D eigenvalue weighted by molar-refractivity contribution is 6.35. The van der Waals surface area contributed by atoms with Crippen LogP contribution in [0, 0.1) is 5.82 Å². The Balaban J connectivity index is 1.49. The summed E-state index contributed by atoms with van der Waals surface area (Å²) in [5.41, 5.74) is 4.41. The summed E-state index contributed by atoms with van der Waals surface area (Å²) in [6, 6.07) is 4.20. The topological polar surface area (TPSA) is 85.5 Å². The largest absolute Gasteiger partial charge is 0.358 e. The molecule has 1 aromatic carbocycles. The Morgan fingerprint density at radius 3 is 2.68 bits per heavy atom. The van der Waals surface area contributed by atoms with Gasteiger partial charge in [0.1, 0.15) is 5.82 Å². The summed E-state index contributed by atoms with van der Waals surface area (Å²) in [6.45, 7) is 3.12. The second-order valence-corrected chi connectivity index (χ2v) is 9.39. The van der Waals surface area contributed by atoms with E-state index in [1.165, 1.54) is 12.1 Å². The van der Waals surface area contributed by atoms with Gasteiger partial charge >= 0.3 is 0 Å². The average Bonchev–Trinajstić information content (AvgIpc) is 3.25. The molecule has 2 aliphatic heterocycles. The molecule has 0 bridgehead atoms. The zero-order valence-electron chi connectivity index (χ0n) is 19.4. The van der Waals surface area contributed by atoms with Crippen molar-refractivity contribution in [1.29, 1.82) is 0 Å². The number of H-pyrrole nitrogens is 1. The molecule has 2 amide bonds. The molecule has 1 saturated heterocycles. The predicted octanol–water partition coefficient (Wildman–Crippen LogP) is 3.26. The molecule has 3 aliphatic rings. The number of piperazine rings is 1. The van der Waals surface area contributed by atoms with E-state index >= 15 is 0 Å². The van der Waals surface area contributed by atoms with Gasteiger partial charge in [-0.2, -0.15) is 0 Å². The van der Waals surface area contributed by atoms with Gasteiger partial charge < -0.3 is 20.1 Å². The van der Waals surface area contributed by atoms with Crippen LogP contribution < -0.4 is 5.32 Å². The molecular formula is C26H29FN4O3. The maximum Gasteiger partial charge on any atom is 0.256 e. The van der Waals surface area contributed by atoms with Crippen molar-refractivity contribution < 1.29 is 18.8 Å². The van der Waals surface area contributed by atoms with Crippen LogP contribution in [-0.2, 0) is 22.4 Å². The lowest BCUT2D eigenvalue weighted by Crippen LogP contribution is -2.47. The number of anilines is 1. The molecule has 8 heteroatoms. The molecule has 178 valence electrons. The van der Waals surface area contributed by atoms with Crippen LogP contribution in [0.3, 0.4) is 0 Å². The summed E-state index contributed by atoms with van der Waals surface area (Å²) in [5, 5.41) is 2.77. The third-order valence-corrected chi connectivity index (χ3v) is 7.07. The van der Waals surface area contributed by atoms with Crippen LogP contribution in [0.25, 0.3) is 11.6 Å². The van der Waals surface area contributed by atoms with Crippen molar-refractivity contribution in [2.45, 2.75) is 38.5 Å². The van der Waals surface area contributed by atoms with E-state index in [1.807, 2.05) is 11.9 Å². The van der Waals surface area contributed by atoms with E-state index in [0.717, 1.165) is 43.6 Å². The first-order valence-electron chi connectivity index (χ1n) is 12.0. The third kappa shape index (κ3) is 4.30. The number of nitrogens with zero attached hydrogens (tertiary/aromatic N) is 2. The molecule has 1 fully saturated rings. The number of nitrogens with one attached hydrogen (secondary N) is 2. The first kappa shape index (κ1) is 22.5. The molecule has 2 N–H and O–H groups in total. The van der Waals surface area contributed by atoms with E-state index in [9.17, 15) is 18.8 Å². The van der Waals surface area contributed by atoms with Gasteiger partial charge in [-0.3, -0.25) is 14.4 Å². The van der Waals surface area contributed by atoms with Crippen LogP contribution >= 0.6 is 0 Å². The Hall–Kier alpha value is -3.26. The highest BCUT2D eigenvalue weighted by Gasteiger charge is 2.29. The summed E-state index contributed by atoms with van der Waals surface area (Å²) in [6.07, 6.45) is 5.40. The van der Waals surface area contributed by atoms with E-state index in [1.54, 1.807) is 12.1 Å². The number of carbonyl (C=O) groups is 3. The normalized spacial score (nSPS) is 19.7. The summed E-state index contributed by atoms with van der Waals surface area (Å²) in [5.74, 6) is -0.570. The molecule has 3 heterocycles. The molecule has 1 aromatic heterocycles. The van der Waals surface area contributed by atoms with Gasteiger partial charge in [0.15, 0.2) is 5.78 Å². The van der Waals surface area contributed by atoms with Gasteiger partial charge in [0.05, 0.1) is 5.57 Å². The molecule has 0 atom stereocenters. The van der Waals surface area contributed by atoms with E-state index in [4.69, 9.17) is 0 Å². The van der Waals surface area contributed by atoms with Crippen molar-refractivity contribution in [3.8, 4) is 0 Å². The van der Waals surface area contributed by atoms with Gasteiger partial charge in [-0.25, -0.2) is 4.39 Å². The fourth-order valence-corrected chi connectivity index (χ4v) is 5.13. The number of ketones is 1. The van der Waals surface area contributed by atoms with E-state index < -0.39 is 5.82 Å². The average molecular weight is 465 g/mol. The van der Waals surface area contributed by atoms with Gasteiger partial charge in [0.2, 0.25) is 5.91 Å². The summed E-state index contributed by atoms with van der Waals surface area (Å²) in [4.78, 5) is 46.0. The molecule has 5 rings (SSSR count). The van der Waals surface area contributed by atoms with Crippen molar-refractivity contribution in [2.75, 3.05) is 38.5 Å². The quantitative estimate of drug-likeness (QED) is 0.537. The number of hydrogen-bond acceptors (Lipinski definition) is 4. The Bertz CT molecular complexity index is 1190. The van der Waals surface area contributed by atoms with Crippen molar-refractivity contribution in [1.82, 2.24) is 14.8 Å². The molecule has 0 spiro atoms. The number of carbonyl (C=O) groups excluding carboxylic acids is 3. The van der Waals surface area contributed by atoms with Crippen molar-refractivity contribution in [3.05, 3.63) is 52.1 Å². The Morgan fingerprint density at radius 2 is 1.88 bits per heavy atom. The van der Waals surface area contributed by atoms with Gasteiger partial charge in [-0.15, -0.1) is 0 Å². The number of halogens is 1. The number of aromatic nitrogens is 1. The SMILES string of the molecule is CN1CCN(C(=O)CCc2c(C=C3C(=O)Nc4ccc(F)cc43)[nH]c3c2C(=O)CCCC3)CC1. The second kappa shape index (κ2) is 9.18. The molecule has 0 radical (unpaired) electrons. The number of aromatic amines is 1. The lowest BCUT2D eigenvalue weighted by atomic mass is 9.97. The zero-order valence-corrected chi connectivity index (χ0v) is 19.4. The summed E-state index contributed by atoms with van der Waals surface area (Å²) < 4.78 is 13.9. The first-order valence-corrected chi connectivity index (χ1v) is 12.0. The summed E-state index contributed by atoms with van der Waals surface area (Å²) >= 11 is 0. The van der Waals surface area contributed by atoms with Crippen LogP contribution in [0.4, 0.5) is 10.1 Å². The van der Waals surface area contributed by atoms with Crippen molar-refractivity contribution in [3.63, 3.8) is 0 Å². The van der Waals surface area contributed by atoms with Gasteiger partial charge in [0.25, 0.3) is 5.91 Å². The molecule has 7 nitrogen and oxygen atoms in total. The lowest BCUT2D eigenvalue weighted by molar-refractivity contribution is -0.132. The third-order valence-electron chi connectivity index (χ3n) is 7.07. The Kier molecular flexibility index (Phi) is 6.08. The van der Waals surface area contributed by atoms with Crippen molar-refractivity contribution >= 4 is 34.9 Å². The molecular weight excluding hydrogens is 435 g/mol. The highest BCUT2D eigenvalue weighted by Crippen LogP contribution is 2.36. The monoisotopic (exact) mass is 464 g/mol. The number of aryl methyl sites for hydroxylation is 1. The molecule has 34 heavy (non-hydrogen) atoms. The van der Waals surface area contributed by atoms with E-state index in [-0.39, 0.29) is 17.6 Å². The number of Topliss-reactive ketones (excluding diaryl/α,β-unsaturated/α-hetero) is 1. The highest BCUT2D eigenvalue weighted by atomic mass is 19.1. The van der Waals surface area contributed by atoms with Crippen LogP contribution in [0.2, 0.25) is 0 Å². The minimum absolute atomic E-state index is 0.0775.